The molecule has 1 aromatic heterocycles. The molecule has 0 radical (unpaired) electrons. The summed E-state index contributed by atoms with van der Waals surface area (Å²) in [4.78, 5) is 26.1. The number of hydrazine groups is 1. The van der Waals surface area contributed by atoms with Crippen LogP contribution >= 0.6 is 11.3 Å². The summed E-state index contributed by atoms with van der Waals surface area (Å²) in [5.74, 6) is 0.106. The van der Waals surface area contributed by atoms with Crippen molar-refractivity contribution in [3.63, 3.8) is 0 Å². The van der Waals surface area contributed by atoms with Gasteiger partial charge in [0.15, 0.2) is 0 Å². The highest BCUT2D eigenvalue weighted by atomic mass is 32.1. The number of nitrogens with one attached hydrogen (secondary N) is 2. The fraction of sp³-hybridized carbons (Fsp3) is 0.300. The maximum atomic E-state index is 12.2. The van der Waals surface area contributed by atoms with E-state index < -0.39 is 0 Å². The number of carbonyl (C=O) groups excluding carboxylic acids is 2. The number of hydrogen-bond donors (Lipinski definition) is 2. The van der Waals surface area contributed by atoms with Crippen LogP contribution in [0.4, 0.5) is 0 Å². The van der Waals surface area contributed by atoms with E-state index in [2.05, 4.69) is 10.9 Å². The molecular weight excluding hydrogens is 348 g/mol. The number of rotatable bonds is 4. The Morgan fingerprint density at radius 1 is 1.08 bits per heavy atom. The average molecular weight is 370 g/mol. The summed E-state index contributed by atoms with van der Waals surface area (Å²) in [6, 6.07) is 9.29. The molecule has 2 aromatic rings. The van der Waals surface area contributed by atoms with Gasteiger partial charge in [0.25, 0.3) is 11.8 Å². The number of amides is 2. The maximum absolute atomic E-state index is 12.2. The van der Waals surface area contributed by atoms with Gasteiger partial charge in [-0.15, -0.1) is 11.3 Å². The minimum absolute atomic E-state index is 0.269. The summed E-state index contributed by atoms with van der Waals surface area (Å²) in [6.45, 7) is 0. The van der Waals surface area contributed by atoms with E-state index in [9.17, 15) is 9.59 Å². The van der Waals surface area contributed by atoms with Gasteiger partial charge in [0.2, 0.25) is 0 Å². The Balaban J connectivity index is 1.52. The minimum Gasteiger partial charge on any atom is -0.497 e. The smallest absolute Gasteiger partial charge is 0.279 e. The van der Waals surface area contributed by atoms with Crippen LogP contribution < -0.4 is 15.6 Å². The number of fused-ring (bicyclic) bond motifs is 1. The molecule has 0 saturated heterocycles. The molecule has 0 fully saturated rings. The molecule has 0 saturated carbocycles. The molecule has 0 unspecified atom stereocenters. The lowest BCUT2D eigenvalue weighted by Gasteiger charge is -2.03. The zero-order valence-electron chi connectivity index (χ0n) is 14.7. The summed E-state index contributed by atoms with van der Waals surface area (Å²) in [7, 11) is 1.60. The molecule has 2 amide bonds. The lowest BCUT2D eigenvalue weighted by Crippen LogP contribution is -2.40. The highest BCUT2D eigenvalue weighted by Crippen LogP contribution is 2.28. The standard InChI is InChI=1S/C20H22N2O3S/c1-25-16-10-7-14(8-11-16)9-12-19(23)21-22-20(24)18-13-15-5-3-2-4-6-17(15)26-18/h7-13H,2-6H2,1H3,(H,21,23)(H,22,24)/b12-9+. The van der Waals surface area contributed by atoms with Crippen molar-refractivity contribution in [1.29, 1.82) is 0 Å². The van der Waals surface area contributed by atoms with Crippen LogP contribution in [0.3, 0.4) is 0 Å². The normalized spacial score (nSPS) is 13.7. The molecule has 136 valence electrons. The second kappa shape index (κ2) is 8.67. The number of thiophene rings is 1. The third-order valence-electron chi connectivity index (χ3n) is 4.31. The van der Waals surface area contributed by atoms with Crippen LogP contribution in [0.15, 0.2) is 36.4 Å². The van der Waals surface area contributed by atoms with Crippen molar-refractivity contribution < 1.29 is 14.3 Å². The van der Waals surface area contributed by atoms with Gasteiger partial charge in [-0.3, -0.25) is 20.4 Å². The molecule has 0 aliphatic heterocycles. The van der Waals surface area contributed by atoms with Crippen molar-refractivity contribution in [2.75, 3.05) is 7.11 Å². The van der Waals surface area contributed by atoms with Gasteiger partial charge in [0.1, 0.15) is 5.75 Å². The number of aryl methyl sites for hydroxylation is 2. The van der Waals surface area contributed by atoms with E-state index >= 15 is 0 Å². The first-order valence-electron chi connectivity index (χ1n) is 8.70. The first-order valence-corrected chi connectivity index (χ1v) is 9.51. The molecule has 0 spiro atoms. The van der Waals surface area contributed by atoms with E-state index in [1.165, 1.54) is 47.1 Å². The highest BCUT2D eigenvalue weighted by Gasteiger charge is 2.16. The van der Waals surface area contributed by atoms with Crippen LogP contribution in [0.25, 0.3) is 6.08 Å². The van der Waals surface area contributed by atoms with Gasteiger partial charge in [0, 0.05) is 11.0 Å². The maximum Gasteiger partial charge on any atom is 0.279 e. The van der Waals surface area contributed by atoms with E-state index in [4.69, 9.17) is 4.74 Å². The van der Waals surface area contributed by atoms with Gasteiger partial charge in [-0.1, -0.05) is 18.6 Å². The van der Waals surface area contributed by atoms with Crippen molar-refractivity contribution >= 4 is 29.2 Å². The van der Waals surface area contributed by atoms with Crippen molar-refractivity contribution in [1.82, 2.24) is 10.9 Å². The second-order valence-electron chi connectivity index (χ2n) is 6.17. The van der Waals surface area contributed by atoms with E-state index in [-0.39, 0.29) is 11.8 Å². The quantitative estimate of drug-likeness (QED) is 0.492. The molecule has 26 heavy (non-hydrogen) atoms. The lowest BCUT2D eigenvalue weighted by molar-refractivity contribution is -0.117. The van der Waals surface area contributed by atoms with Crippen LogP contribution in [0.5, 0.6) is 5.75 Å². The Bertz CT molecular complexity index is 785. The third-order valence-corrected chi connectivity index (χ3v) is 5.55. The van der Waals surface area contributed by atoms with E-state index in [0.29, 0.717) is 4.88 Å². The predicted octanol–water partition coefficient (Wildman–Crippen LogP) is 3.50. The molecule has 0 bridgehead atoms. The number of ether oxygens (including phenoxy) is 1. The average Bonchev–Trinajstić information content (AvgIpc) is 2.95. The molecule has 1 aromatic carbocycles. The summed E-state index contributed by atoms with van der Waals surface area (Å²) < 4.78 is 5.09. The van der Waals surface area contributed by atoms with Gasteiger partial charge in [-0.05, 0) is 61.1 Å². The van der Waals surface area contributed by atoms with Gasteiger partial charge in [-0.25, -0.2) is 0 Å². The fourth-order valence-corrected chi connectivity index (χ4v) is 4.04. The summed E-state index contributed by atoms with van der Waals surface area (Å²) in [5.41, 5.74) is 7.05. The second-order valence-corrected chi connectivity index (χ2v) is 7.31. The van der Waals surface area contributed by atoms with Crippen LogP contribution in [0, 0.1) is 0 Å². The zero-order valence-corrected chi connectivity index (χ0v) is 15.5. The number of carbonyl (C=O) groups is 2. The van der Waals surface area contributed by atoms with E-state index in [1.54, 1.807) is 13.2 Å². The number of methoxy groups -OCH3 is 1. The molecule has 2 N–H and O–H groups in total. The van der Waals surface area contributed by atoms with E-state index in [1.807, 2.05) is 30.3 Å². The summed E-state index contributed by atoms with van der Waals surface area (Å²) in [5, 5.41) is 0. The largest absolute Gasteiger partial charge is 0.497 e. The van der Waals surface area contributed by atoms with Gasteiger partial charge in [0.05, 0.1) is 12.0 Å². The predicted molar refractivity (Wildman–Crippen MR) is 103 cm³/mol. The van der Waals surface area contributed by atoms with Crippen LogP contribution in [0.1, 0.15) is 44.9 Å². The Hall–Kier alpha value is -2.60. The molecule has 6 heteroatoms. The SMILES string of the molecule is COc1ccc(/C=C/C(=O)NNC(=O)c2cc3c(s2)CCCCC3)cc1. The van der Waals surface area contributed by atoms with Crippen molar-refractivity contribution in [3.8, 4) is 5.75 Å². The molecule has 1 aliphatic rings. The van der Waals surface area contributed by atoms with Crippen LogP contribution in [-0.2, 0) is 17.6 Å². The fourth-order valence-electron chi connectivity index (χ4n) is 2.89. The Morgan fingerprint density at radius 2 is 1.85 bits per heavy atom. The summed E-state index contributed by atoms with van der Waals surface area (Å²) >= 11 is 1.53. The molecule has 5 nitrogen and oxygen atoms in total. The van der Waals surface area contributed by atoms with Gasteiger partial charge in [-0.2, -0.15) is 0 Å². The Labute approximate surface area is 157 Å². The van der Waals surface area contributed by atoms with Gasteiger partial charge >= 0.3 is 0 Å². The molecule has 0 atom stereocenters. The first kappa shape index (κ1) is 18.2. The minimum atomic E-state index is -0.382. The third kappa shape index (κ3) is 4.73. The summed E-state index contributed by atoms with van der Waals surface area (Å²) in [6.07, 6.45) is 8.75. The molecule has 1 aliphatic carbocycles. The molecule has 1 heterocycles. The van der Waals surface area contributed by atoms with Crippen molar-refractivity contribution in [2.24, 2.45) is 0 Å². The Kier molecular flexibility index (Phi) is 6.07. The van der Waals surface area contributed by atoms with Gasteiger partial charge < -0.3 is 4.74 Å². The zero-order chi connectivity index (χ0) is 18.4. The van der Waals surface area contributed by atoms with Crippen LogP contribution in [0.2, 0.25) is 0 Å². The molecular formula is C20H22N2O3S. The number of benzene rings is 1. The van der Waals surface area contributed by atoms with Crippen molar-refractivity contribution in [3.05, 3.63) is 57.3 Å². The molecule has 3 rings (SSSR count). The lowest BCUT2D eigenvalue weighted by atomic mass is 10.1. The number of hydrogen-bond acceptors (Lipinski definition) is 4. The highest BCUT2D eigenvalue weighted by molar-refractivity contribution is 7.14. The monoisotopic (exact) mass is 370 g/mol. The topological polar surface area (TPSA) is 67.4 Å². The van der Waals surface area contributed by atoms with E-state index in [0.717, 1.165) is 24.2 Å². The Morgan fingerprint density at radius 3 is 2.62 bits per heavy atom. The first-order chi connectivity index (χ1) is 12.7. The van der Waals surface area contributed by atoms with Crippen LogP contribution in [-0.4, -0.2) is 18.9 Å². The van der Waals surface area contributed by atoms with Crippen molar-refractivity contribution in [2.45, 2.75) is 32.1 Å².